The Bertz CT molecular complexity index is 13.5. The van der Waals surface area contributed by atoms with Gasteiger partial charge >= 0.3 is 63.9 Å². The van der Waals surface area contributed by atoms with Gasteiger partial charge in [0.05, 0.1) is 0 Å². The second-order valence-corrected chi connectivity index (χ2v) is 0. The van der Waals surface area contributed by atoms with Gasteiger partial charge in [-0.25, -0.2) is 0 Å². The van der Waals surface area contributed by atoms with Crippen LogP contribution in [0.25, 0.3) is 0 Å². The molecule has 1 radical (unpaired) electrons. The molecule has 0 atom stereocenters. The number of hydrogen-bond donors (Lipinski definition) is 0. The van der Waals surface area contributed by atoms with Crippen LogP contribution in [0.5, 0.6) is 0 Å². The van der Waals surface area contributed by atoms with Gasteiger partial charge in [-0.3, -0.25) is 0 Å². The summed E-state index contributed by atoms with van der Waals surface area (Å²) in [6.07, 6.45) is 0. The molecule has 0 aliphatic rings. The molecule has 0 unspecified atom stereocenters. The van der Waals surface area contributed by atoms with Crippen molar-refractivity contribution < 1.29 is 38.5 Å². The van der Waals surface area contributed by atoms with E-state index in [-0.39, 0.29) is 102 Å². The maximum absolute atomic E-state index is 0. The van der Waals surface area contributed by atoms with Crippen molar-refractivity contribution in [2.45, 2.75) is 0 Å². The summed E-state index contributed by atoms with van der Waals surface area (Å²) < 4.78 is 0. The third-order valence-electron chi connectivity index (χ3n) is 0. The Morgan fingerprint density at radius 1 is 1.25 bits per heavy atom. The van der Waals surface area contributed by atoms with Crippen LogP contribution in [0.15, 0.2) is 0 Å². The molecule has 0 saturated heterocycles. The van der Waals surface area contributed by atoms with Crippen LogP contribution in [-0.4, -0.2) is 63.9 Å². The quantitative estimate of drug-likeness (QED) is 0.469. The monoisotopic (exact) mass is 361 g/mol. The van der Waals surface area contributed by atoms with E-state index in [4.69, 9.17) is 0 Å². The number of rotatable bonds is 0. The van der Waals surface area contributed by atoms with E-state index in [9.17, 15) is 0 Å². The summed E-state index contributed by atoms with van der Waals surface area (Å²) in [4.78, 5) is 0. The van der Waals surface area contributed by atoms with Gasteiger partial charge in [-0.05, 0) is 0 Å². The van der Waals surface area contributed by atoms with Crippen molar-refractivity contribution >= 4 is 63.9 Å². The molecule has 0 aromatic rings. The van der Waals surface area contributed by atoms with E-state index in [0.29, 0.717) is 0 Å². The van der Waals surface area contributed by atoms with Gasteiger partial charge in [0, 0.05) is 35.6 Å². The smallest absolute Gasteiger partial charge is 1.00 e. The van der Waals surface area contributed by atoms with E-state index in [1.165, 1.54) is 0 Å². The molecule has 4 heavy (non-hydrogen) atoms. The Kier molecular flexibility index (Phi) is 109. The Morgan fingerprint density at radius 3 is 1.25 bits per heavy atom. The van der Waals surface area contributed by atoms with Crippen molar-refractivity contribution in [2.75, 3.05) is 0 Å². The van der Waals surface area contributed by atoms with E-state index in [1.54, 1.807) is 0 Å². The minimum Gasteiger partial charge on any atom is -1.00 e. The Morgan fingerprint density at radius 2 is 1.25 bits per heavy atom. The molecular weight excluding hydrogens is 356 g/mol. The predicted octanol–water partition coefficient (Wildman–Crippen LogP) is -1.34. The average molecular weight is 361 g/mol. The number of hydrogen-bond acceptors (Lipinski definition) is 0. The van der Waals surface area contributed by atoms with Crippen molar-refractivity contribution in [3.63, 3.8) is 0 Å². The standard InChI is InChI=1S/Bi.Ca.Fe.V.5H/q;+2;;;;;;2*-1. The predicted molar refractivity (Wildman–Crippen MR) is 17.9 cm³/mol. The van der Waals surface area contributed by atoms with Crippen LogP contribution in [0.2, 0.25) is 0 Å². The Labute approximate surface area is 100 Å². The summed E-state index contributed by atoms with van der Waals surface area (Å²) >= 11 is 0. The summed E-state index contributed by atoms with van der Waals surface area (Å²) in [6, 6.07) is 0. The van der Waals surface area contributed by atoms with Gasteiger partial charge in [0.15, 0.2) is 0 Å². The van der Waals surface area contributed by atoms with Gasteiger partial charge in [0.2, 0.25) is 0 Å². The minimum absolute atomic E-state index is 0. The van der Waals surface area contributed by atoms with Gasteiger partial charge in [0.1, 0.15) is 0 Å². The van der Waals surface area contributed by atoms with Crippen molar-refractivity contribution in [3.05, 3.63) is 0 Å². The summed E-state index contributed by atoms with van der Waals surface area (Å²) in [6.45, 7) is 0. The van der Waals surface area contributed by atoms with Crippen molar-refractivity contribution in [1.29, 1.82) is 0 Å². The molecule has 0 amide bonds. The molecule has 25 valence electrons. The molecule has 0 nitrogen and oxygen atoms in total. The van der Waals surface area contributed by atoms with Gasteiger partial charge in [-0.15, -0.1) is 0 Å². The van der Waals surface area contributed by atoms with Gasteiger partial charge in [0.25, 0.3) is 0 Å². The first kappa shape index (κ1) is 26.8. The van der Waals surface area contributed by atoms with Crippen molar-refractivity contribution in [2.24, 2.45) is 0 Å². The zero-order valence-corrected chi connectivity index (χ0v) is 12.4. The SMILES string of the molecule is [BiH3].[Ca+2].[Fe].[H-].[H-].[V]. The van der Waals surface area contributed by atoms with Crippen LogP contribution in [-0.2, 0) is 35.6 Å². The van der Waals surface area contributed by atoms with E-state index in [2.05, 4.69) is 0 Å². The third kappa shape index (κ3) is 8.98. The summed E-state index contributed by atoms with van der Waals surface area (Å²) in [5.74, 6) is 0. The maximum atomic E-state index is 0. The summed E-state index contributed by atoms with van der Waals surface area (Å²) in [5.41, 5.74) is 0. The van der Waals surface area contributed by atoms with E-state index in [1.807, 2.05) is 0 Å². The second-order valence-electron chi connectivity index (χ2n) is 0. The molecule has 0 fully saturated rings. The fraction of sp³-hybridized carbons (Fsp3) is 0. The molecule has 0 aliphatic carbocycles. The fourth-order valence-corrected chi connectivity index (χ4v) is 0. The molecule has 0 aromatic carbocycles. The molecule has 0 heterocycles. The third-order valence-corrected chi connectivity index (χ3v) is 0. The molecule has 0 N–H and O–H groups in total. The molecule has 0 aromatic heterocycles. The van der Waals surface area contributed by atoms with E-state index >= 15 is 0 Å². The van der Waals surface area contributed by atoms with Crippen LogP contribution in [0.1, 0.15) is 2.85 Å². The molecule has 0 aliphatic heterocycles. The molecular formula is H5BiCaFeV. The fourth-order valence-electron chi connectivity index (χ4n) is 0. The van der Waals surface area contributed by atoms with Gasteiger partial charge in [-0.1, -0.05) is 0 Å². The second kappa shape index (κ2) is 16.3. The first-order chi connectivity index (χ1) is 0. The Balaban J connectivity index is 0. The van der Waals surface area contributed by atoms with Gasteiger partial charge < -0.3 is 2.85 Å². The van der Waals surface area contributed by atoms with Crippen LogP contribution in [0.4, 0.5) is 0 Å². The normalized spacial score (nSPS) is 0. The first-order valence-electron chi connectivity index (χ1n) is 0. The van der Waals surface area contributed by atoms with Crippen molar-refractivity contribution in [1.82, 2.24) is 0 Å². The zero-order valence-electron chi connectivity index (χ0n) is 4.21. The molecule has 0 bridgehead atoms. The maximum Gasteiger partial charge on any atom is 2.00 e. The van der Waals surface area contributed by atoms with Crippen LogP contribution in [0, 0.1) is 0 Å². The van der Waals surface area contributed by atoms with Crippen LogP contribution < -0.4 is 0 Å². The molecule has 0 saturated carbocycles. The first-order valence-corrected chi connectivity index (χ1v) is 0. The summed E-state index contributed by atoms with van der Waals surface area (Å²) in [5, 5.41) is 0. The molecule has 0 spiro atoms. The topological polar surface area (TPSA) is 0 Å². The zero-order chi connectivity index (χ0) is 0. The Hall–Kier alpha value is 3.25. The van der Waals surface area contributed by atoms with Gasteiger partial charge in [-0.2, -0.15) is 0 Å². The average Bonchev–Trinajstić information content (AvgIpc) is 0. The molecule has 0 rings (SSSR count). The summed E-state index contributed by atoms with van der Waals surface area (Å²) in [7, 11) is 0. The molecule has 4 heteroatoms. The van der Waals surface area contributed by atoms with Crippen molar-refractivity contribution in [3.8, 4) is 0 Å². The van der Waals surface area contributed by atoms with Crippen LogP contribution >= 0.6 is 0 Å². The van der Waals surface area contributed by atoms with E-state index < -0.39 is 0 Å². The minimum atomic E-state index is 0. The van der Waals surface area contributed by atoms with Crippen LogP contribution in [0.3, 0.4) is 0 Å². The largest absolute Gasteiger partial charge is 2.00 e. The van der Waals surface area contributed by atoms with E-state index in [0.717, 1.165) is 0 Å².